The molecule has 1 aliphatic rings. The van der Waals surface area contributed by atoms with Crippen LogP contribution in [0.2, 0.25) is 0 Å². The molecule has 0 aliphatic carbocycles. The van der Waals surface area contributed by atoms with E-state index in [0.717, 1.165) is 42.2 Å². The van der Waals surface area contributed by atoms with E-state index in [0.29, 0.717) is 24.6 Å². The first-order valence-electron chi connectivity index (χ1n) is 10.6. The Morgan fingerprint density at radius 1 is 1.00 bits per heavy atom. The number of rotatable bonds is 4. The molecule has 1 saturated heterocycles. The molecule has 8 heteroatoms. The van der Waals surface area contributed by atoms with Gasteiger partial charge in [-0.1, -0.05) is 24.3 Å². The summed E-state index contributed by atoms with van der Waals surface area (Å²) in [5, 5.41) is 5.17. The summed E-state index contributed by atoms with van der Waals surface area (Å²) in [6.07, 6.45) is 6.03. The lowest BCUT2D eigenvalue weighted by Crippen LogP contribution is -2.47. The minimum absolute atomic E-state index is 0.0352. The number of aromatic nitrogens is 3. The largest absolute Gasteiger partial charge is 0.367 e. The summed E-state index contributed by atoms with van der Waals surface area (Å²) in [6, 6.07) is 11.7. The maximum Gasteiger partial charge on any atom is 0.272 e. The first kappa shape index (κ1) is 20.2. The zero-order valence-electron chi connectivity index (χ0n) is 17.3. The van der Waals surface area contributed by atoms with Crippen LogP contribution in [0.15, 0.2) is 54.9 Å². The molecule has 1 atom stereocenters. The molecular formula is C24H21F2N5O. The van der Waals surface area contributed by atoms with Gasteiger partial charge in [0, 0.05) is 42.8 Å². The van der Waals surface area contributed by atoms with Gasteiger partial charge >= 0.3 is 0 Å². The second kappa shape index (κ2) is 8.45. The molecule has 1 N–H and O–H groups in total. The van der Waals surface area contributed by atoms with Gasteiger partial charge in [0.1, 0.15) is 11.5 Å². The number of anilines is 1. The van der Waals surface area contributed by atoms with E-state index in [2.05, 4.69) is 20.3 Å². The number of piperidine rings is 1. The second-order valence-electron chi connectivity index (χ2n) is 7.96. The summed E-state index contributed by atoms with van der Waals surface area (Å²) in [7, 11) is 0. The monoisotopic (exact) mass is 433 g/mol. The van der Waals surface area contributed by atoms with Crippen LogP contribution in [0, 0.1) is 11.6 Å². The van der Waals surface area contributed by atoms with Crippen LogP contribution in [-0.2, 0) is 0 Å². The quantitative estimate of drug-likeness (QED) is 0.511. The van der Waals surface area contributed by atoms with E-state index in [1.54, 1.807) is 6.20 Å². The second-order valence-corrected chi connectivity index (χ2v) is 7.96. The van der Waals surface area contributed by atoms with E-state index in [4.69, 9.17) is 0 Å². The molecule has 1 aliphatic heterocycles. The van der Waals surface area contributed by atoms with Crippen molar-refractivity contribution in [3.05, 3.63) is 72.2 Å². The van der Waals surface area contributed by atoms with Crippen LogP contribution >= 0.6 is 0 Å². The molecule has 6 nitrogen and oxygen atoms in total. The van der Waals surface area contributed by atoms with Gasteiger partial charge < -0.3 is 10.2 Å². The number of nitrogens with zero attached hydrogens (tertiary/aromatic N) is 4. The van der Waals surface area contributed by atoms with Gasteiger partial charge in [0.25, 0.3) is 5.91 Å². The van der Waals surface area contributed by atoms with Crippen molar-refractivity contribution >= 4 is 33.5 Å². The highest BCUT2D eigenvalue weighted by Gasteiger charge is 2.28. The fourth-order valence-corrected chi connectivity index (χ4v) is 4.14. The molecule has 0 spiro atoms. The summed E-state index contributed by atoms with van der Waals surface area (Å²) in [6.45, 7) is 1.14. The number of hydrogen-bond acceptors (Lipinski definition) is 5. The summed E-state index contributed by atoms with van der Waals surface area (Å²) in [5.41, 5.74) is 0.982. The average Bonchev–Trinajstić information content (AvgIpc) is 2.83. The van der Waals surface area contributed by atoms with Crippen molar-refractivity contribution in [1.29, 1.82) is 0 Å². The number of fused-ring (bicyclic) bond motifs is 2. The Morgan fingerprint density at radius 2 is 1.78 bits per heavy atom. The summed E-state index contributed by atoms with van der Waals surface area (Å²) < 4.78 is 26.9. The third-order valence-electron chi connectivity index (χ3n) is 5.84. The Hall–Kier alpha value is -3.68. The maximum atomic E-state index is 13.5. The van der Waals surface area contributed by atoms with Crippen molar-refractivity contribution < 1.29 is 13.6 Å². The van der Waals surface area contributed by atoms with Crippen LogP contribution in [0.25, 0.3) is 21.8 Å². The Bertz CT molecular complexity index is 1310. The zero-order valence-corrected chi connectivity index (χ0v) is 17.3. The van der Waals surface area contributed by atoms with E-state index in [-0.39, 0.29) is 23.0 Å². The molecule has 2 aromatic carbocycles. The van der Waals surface area contributed by atoms with Crippen LogP contribution in [0.5, 0.6) is 0 Å². The van der Waals surface area contributed by atoms with Crippen molar-refractivity contribution in [3.63, 3.8) is 0 Å². The van der Waals surface area contributed by atoms with E-state index in [1.165, 1.54) is 6.20 Å². The Balaban J connectivity index is 1.33. The topological polar surface area (TPSA) is 71.0 Å². The van der Waals surface area contributed by atoms with Gasteiger partial charge in [0.05, 0.1) is 17.2 Å². The maximum absolute atomic E-state index is 13.5. The SMILES string of the molecule is O=C(c1cc2ccccc2cn1)N1CCCC[C@H]1CNc1cnc2cc(F)c(F)cc2n1. The van der Waals surface area contributed by atoms with Crippen LogP contribution in [0.3, 0.4) is 0 Å². The van der Waals surface area contributed by atoms with Gasteiger partial charge in [-0.2, -0.15) is 0 Å². The van der Waals surface area contributed by atoms with Crippen molar-refractivity contribution in [2.45, 2.75) is 25.3 Å². The number of benzene rings is 2. The molecule has 3 heterocycles. The van der Waals surface area contributed by atoms with Gasteiger partial charge in [-0.3, -0.25) is 14.8 Å². The first-order valence-corrected chi connectivity index (χ1v) is 10.6. The van der Waals surface area contributed by atoms with E-state index >= 15 is 0 Å². The van der Waals surface area contributed by atoms with Gasteiger partial charge in [-0.05, 0) is 30.7 Å². The van der Waals surface area contributed by atoms with Crippen molar-refractivity contribution in [2.75, 3.05) is 18.4 Å². The summed E-state index contributed by atoms with van der Waals surface area (Å²) >= 11 is 0. The zero-order chi connectivity index (χ0) is 22.1. The minimum atomic E-state index is -0.962. The molecule has 32 heavy (non-hydrogen) atoms. The molecule has 4 aromatic rings. The van der Waals surface area contributed by atoms with Crippen LogP contribution in [0.1, 0.15) is 29.8 Å². The molecule has 1 fully saturated rings. The predicted octanol–water partition coefficient (Wildman–Crippen LogP) is 4.56. The number of halogens is 2. The van der Waals surface area contributed by atoms with Crippen molar-refractivity contribution in [3.8, 4) is 0 Å². The average molecular weight is 433 g/mol. The van der Waals surface area contributed by atoms with Gasteiger partial charge in [-0.15, -0.1) is 0 Å². The van der Waals surface area contributed by atoms with Gasteiger partial charge in [0.15, 0.2) is 11.6 Å². The van der Waals surface area contributed by atoms with Gasteiger partial charge in [-0.25, -0.2) is 13.8 Å². The standard InChI is InChI=1S/C24H21F2N5O/c25-18-10-20-21(11-19(18)26)30-23(14-28-20)29-13-17-7-3-4-8-31(17)24(32)22-9-15-5-1-2-6-16(15)12-27-22/h1-2,5-6,9-12,14,17H,3-4,7-8,13H2,(H,29,30)/t17-/m0/s1. The number of hydrogen-bond donors (Lipinski definition) is 1. The van der Waals surface area contributed by atoms with Crippen molar-refractivity contribution in [1.82, 2.24) is 19.9 Å². The van der Waals surface area contributed by atoms with E-state index in [9.17, 15) is 13.6 Å². The Labute approximate surface area is 183 Å². The van der Waals surface area contributed by atoms with E-state index in [1.807, 2.05) is 35.2 Å². The molecule has 5 rings (SSSR count). The minimum Gasteiger partial charge on any atom is -0.367 e. The third-order valence-corrected chi connectivity index (χ3v) is 5.84. The number of likely N-dealkylation sites (tertiary alicyclic amines) is 1. The molecular weight excluding hydrogens is 412 g/mol. The fourth-order valence-electron chi connectivity index (χ4n) is 4.14. The number of carbonyl (C=O) groups is 1. The normalized spacial score (nSPS) is 16.4. The Morgan fingerprint density at radius 3 is 2.62 bits per heavy atom. The number of amides is 1. The molecule has 0 bridgehead atoms. The molecule has 2 aromatic heterocycles. The lowest BCUT2D eigenvalue weighted by Gasteiger charge is -2.35. The smallest absolute Gasteiger partial charge is 0.272 e. The van der Waals surface area contributed by atoms with Gasteiger partial charge in [0.2, 0.25) is 0 Å². The Kier molecular flexibility index (Phi) is 5.34. The number of nitrogens with one attached hydrogen (secondary N) is 1. The highest BCUT2D eigenvalue weighted by atomic mass is 19.2. The summed E-state index contributed by atoms with van der Waals surface area (Å²) in [5.74, 6) is -1.56. The number of pyridine rings is 1. The predicted molar refractivity (Wildman–Crippen MR) is 118 cm³/mol. The highest BCUT2D eigenvalue weighted by molar-refractivity contribution is 5.96. The van der Waals surface area contributed by atoms with E-state index < -0.39 is 11.6 Å². The van der Waals surface area contributed by atoms with Crippen LogP contribution in [0.4, 0.5) is 14.6 Å². The molecule has 0 radical (unpaired) electrons. The molecule has 0 saturated carbocycles. The van der Waals surface area contributed by atoms with Crippen LogP contribution < -0.4 is 5.32 Å². The first-order chi connectivity index (χ1) is 15.6. The highest BCUT2D eigenvalue weighted by Crippen LogP contribution is 2.22. The third kappa shape index (κ3) is 3.95. The fraction of sp³-hybridized carbons (Fsp3) is 0.250. The number of carbonyl (C=O) groups excluding carboxylic acids is 1. The molecule has 1 amide bonds. The van der Waals surface area contributed by atoms with Crippen molar-refractivity contribution in [2.24, 2.45) is 0 Å². The molecule has 162 valence electrons. The summed E-state index contributed by atoms with van der Waals surface area (Å²) in [4.78, 5) is 28.0. The molecule has 0 unspecified atom stereocenters. The van der Waals surface area contributed by atoms with Crippen LogP contribution in [-0.4, -0.2) is 44.9 Å². The lowest BCUT2D eigenvalue weighted by atomic mass is 10.0. The lowest BCUT2D eigenvalue weighted by molar-refractivity contribution is 0.0622.